The van der Waals surface area contributed by atoms with Crippen LogP contribution in [0.4, 0.5) is 0 Å². The lowest BCUT2D eigenvalue weighted by Crippen LogP contribution is -2.42. The zero-order valence-electron chi connectivity index (χ0n) is 9.61. The van der Waals surface area contributed by atoms with Gasteiger partial charge in [-0.2, -0.15) is 8.42 Å². The average Bonchev–Trinajstić information content (AvgIpc) is 2.91. The third kappa shape index (κ3) is 1.90. The molecule has 0 N–H and O–H groups in total. The molecule has 8 heteroatoms. The van der Waals surface area contributed by atoms with Crippen LogP contribution in [0, 0.1) is 0 Å². The first-order valence-electron chi connectivity index (χ1n) is 5.86. The Balaban J connectivity index is 1.76. The number of thioether (sulfide) groups is 1. The van der Waals surface area contributed by atoms with Crippen molar-refractivity contribution < 1.29 is 22.1 Å². The Bertz CT molecular complexity index is 479. The van der Waals surface area contributed by atoms with Crippen LogP contribution in [0.1, 0.15) is 19.8 Å². The number of alkyl halides is 1. The highest BCUT2D eigenvalue weighted by Gasteiger charge is 2.66. The van der Waals surface area contributed by atoms with Crippen molar-refractivity contribution in [1.82, 2.24) is 0 Å². The van der Waals surface area contributed by atoms with Crippen molar-refractivity contribution >= 4 is 50.4 Å². The molecule has 2 bridgehead atoms. The van der Waals surface area contributed by atoms with Gasteiger partial charge in [0.05, 0.1) is 5.25 Å². The molecule has 6 atom stereocenters. The van der Waals surface area contributed by atoms with Crippen LogP contribution in [0.3, 0.4) is 0 Å². The summed E-state index contributed by atoms with van der Waals surface area (Å²) < 4.78 is 33.9. The lowest BCUT2D eigenvalue weighted by Gasteiger charge is -2.24. The lowest BCUT2D eigenvalue weighted by atomic mass is 9.94. The monoisotopic (exact) mass is 404 g/mol. The Morgan fingerprint density at radius 1 is 1.61 bits per heavy atom. The van der Waals surface area contributed by atoms with Gasteiger partial charge in [-0.25, -0.2) is 0 Å². The molecule has 0 amide bonds. The summed E-state index contributed by atoms with van der Waals surface area (Å²) in [5.41, 5.74) is 0. The summed E-state index contributed by atoms with van der Waals surface area (Å²) in [4.78, 5) is 11.8. The van der Waals surface area contributed by atoms with Gasteiger partial charge in [0, 0.05) is 5.25 Å². The van der Waals surface area contributed by atoms with E-state index in [0.29, 0.717) is 12.8 Å². The van der Waals surface area contributed by atoms with Crippen molar-refractivity contribution in [2.45, 2.75) is 51.6 Å². The minimum atomic E-state index is -3.44. The number of fused-ring (bicyclic) bond motifs is 1. The first kappa shape index (κ1) is 13.4. The quantitative estimate of drug-likeness (QED) is 0.304. The van der Waals surface area contributed by atoms with Crippen LogP contribution < -0.4 is 0 Å². The van der Waals surface area contributed by atoms with E-state index < -0.39 is 27.6 Å². The highest BCUT2D eigenvalue weighted by molar-refractivity contribution is 14.1. The van der Waals surface area contributed by atoms with Crippen molar-refractivity contribution in [2.75, 3.05) is 0 Å². The van der Waals surface area contributed by atoms with Crippen molar-refractivity contribution in [2.24, 2.45) is 0 Å². The average molecular weight is 404 g/mol. The third-order valence-electron chi connectivity index (χ3n) is 3.66. The summed E-state index contributed by atoms with van der Waals surface area (Å²) >= 11 is 3.64. The standard InChI is InChI=1S/C10H13IO5S2/c1-2-4(11)10(12)15-7-5-3-6-9(17-5)8(7)16-18(6,13)14/h4-9H,2-3H2,1H3. The number of carbonyl (C=O) groups is 1. The first-order valence-corrected chi connectivity index (χ1v) is 9.52. The Kier molecular flexibility index (Phi) is 3.35. The van der Waals surface area contributed by atoms with Gasteiger partial charge in [0.15, 0.2) is 0 Å². The summed E-state index contributed by atoms with van der Waals surface area (Å²) in [7, 11) is -3.44. The van der Waals surface area contributed by atoms with Crippen molar-refractivity contribution in [3.05, 3.63) is 0 Å². The molecule has 3 aliphatic heterocycles. The normalized spacial score (nSPS) is 45.1. The van der Waals surface area contributed by atoms with Crippen LogP contribution in [0.5, 0.6) is 0 Å². The number of hydrogen-bond donors (Lipinski definition) is 0. The maximum absolute atomic E-state index is 11.8. The van der Waals surface area contributed by atoms with E-state index in [9.17, 15) is 13.2 Å². The number of rotatable bonds is 3. The van der Waals surface area contributed by atoms with Crippen LogP contribution in [0.15, 0.2) is 0 Å². The summed E-state index contributed by atoms with van der Waals surface area (Å²) in [6, 6.07) is 0. The Hall–Kier alpha value is 0.460. The smallest absolute Gasteiger partial charge is 0.319 e. The zero-order valence-corrected chi connectivity index (χ0v) is 13.4. The Morgan fingerprint density at radius 2 is 2.33 bits per heavy atom. The van der Waals surface area contributed by atoms with Gasteiger partial charge in [0.25, 0.3) is 10.1 Å². The molecule has 3 heterocycles. The molecule has 0 aliphatic carbocycles. The molecule has 102 valence electrons. The predicted octanol–water partition coefficient (Wildman–Crippen LogP) is 1.10. The number of halogens is 1. The van der Waals surface area contributed by atoms with Gasteiger partial charge in [0.2, 0.25) is 0 Å². The molecule has 3 saturated heterocycles. The van der Waals surface area contributed by atoms with Gasteiger partial charge < -0.3 is 4.74 Å². The molecule has 18 heavy (non-hydrogen) atoms. The fourth-order valence-corrected chi connectivity index (χ4v) is 7.03. The van der Waals surface area contributed by atoms with E-state index in [1.54, 1.807) is 11.8 Å². The Morgan fingerprint density at radius 3 is 3.00 bits per heavy atom. The first-order chi connectivity index (χ1) is 8.44. The second kappa shape index (κ2) is 4.49. The van der Waals surface area contributed by atoms with Crippen molar-refractivity contribution in [1.29, 1.82) is 0 Å². The summed E-state index contributed by atoms with van der Waals surface area (Å²) in [6.45, 7) is 1.92. The van der Waals surface area contributed by atoms with E-state index in [2.05, 4.69) is 0 Å². The molecule has 0 aromatic rings. The molecule has 3 rings (SSSR count). The van der Waals surface area contributed by atoms with Gasteiger partial charge in [-0.1, -0.05) is 29.5 Å². The summed E-state index contributed by atoms with van der Waals surface area (Å²) in [6.07, 6.45) is 0.391. The van der Waals surface area contributed by atoms with Gasteiger partial charge in [-0.15, -0.1) is 11.8 Å². The van der Waals surface area contributed by atoms with Gasteiger partial charge in [-0.3, -0.25) is 8.98 Å². The topological polar surface area (TPSA) is 69.7 Å². The number of esters is 1. The number of hydrogen-bond acceptors (Lipinski definition) is 6. The van der Waals surface area contributed by atoms with Crippen LogP contribution in [-0.4, -0.2) is 46.3 Å². The highest BCUT2D eigenvalue weighted by Crippen LogP contribution is 2.55. The van der Waals surface area contributed by atoms with Crippen LogP contribution >= 0.6 is 34.4 Å². The highest BCUT2D eigenvalue weighted by atomic mass is 127. The van der Waals surface area contributed by atoms with E-state index in [-0.39, 0.29) is 20.4 Å². The lowest BCUT2D eigenvalue weighted by molar-refractivity contribution is -0.152. The van der Waals surface area contributed by atoms with E-state index in [1.165, 1.54) is 0 Å². The molecular formula is C10H13IO5S2. The zero-order chi connectivity index (χ0) is 13.1. The molecule has 6 unspecified atom stereocenters. The predicted molar refractivity (Wildman–Crippen MR) is 75.3 cm³/mol. The minimum Gasteiger partial charge on any atom is -0.458 e. The molecule has 0 aromatic carbocycles. The van der Waals surface area contributed by atoms with Gasteiger partial charge in [0.1, 0.15) is 21.4 Å². The van der Waals surface area contributed by atoms with E-state index in [0.717, 1.165) is 0 Å². The Labute approximate surface area is 124 Å². The van der Waals surface area contributed by atoms with Gasteiger partial charge in [-0.05, 0) is 12.8 Å². The number of ether oxygens (including phenoxy) is 1. The fourth-order valence-electron chi connectivity index (χ4n) is 2.74. The van der Waals surface area contributed by atoms with Crippen molar-refractivity contribution in [3.8, 4) is 0 Å². The van der Waals surface area contributed by atoms with E-state index in [4.69, 9.17) is 8.92 Å². The SMILES string of the molecule is CCC(I)C(=O)OC1C2CC3C(S2)C1OS3(=O)=O. The maximum Gasteiger partial charge on any atom is 0.319 e. The second-order valence-corrected chi connectivity index (χ2v) is 9.45. The number of carbonyl (C=O) groups excluding carboxylic acids is 1. The van der Waals surface area contributed by atoms with Crippen LogP contribution in [0.25, 0.3) is 0 Å². The summed E-state index contributed by atoms with van der Waals surface area (Å²) in [5, 5.41) is -0.368. The molecule has 3 aliphatic rings. The molecule has 0 aromatic heterocycles. The molecular weight excluding hydrogens is 391 g/mol. The van der Waals surface area contributed by atoms with E-state index >= 15 is 0 Å². The van der Waals surface area contributed by atoms with Crippen LogP contribution in [-0.2, 0) is 23.8 Å². The maximum atomic E-state index is 11.8. The minimum absolute atomic E-state index is 0.0490. The van der Waals surface area contributed by atoms with Gasteiger partial charge >= 0.3 is 5.97 Å². The molecule has 3 fully saturated rings. The molecule has 0 spiro atoms. The summed E-state index contributed by atoms with van der Waals surface area (Å²) in [5.74, 6) is -0.263. The van der Waals surface area contributed by atoms with Crippen molar-refractivity contribution in [3.63, 3.8) is 0 Å². The molecule has 5 nitrogen and oxygen atoms in total. The third-order valence-corrected chi connectivity index (χ3v) is 8.66. The van der Waals surface area contributed by atoms with Crippen LogP contribution in [0.2, 0.25) is 0 Å². The van der Waals surface area contributed by atoms with E-state index in [1.807, 2.05) is 29.5 Å². The molecule has 0 saturated carbocycles. The molecule has 0 radical (unpaired) electrons. The fraction of sp³-hybridized carbons (Fsp3) is 0.900. The second-order valence-electron chi connectivity index (χ2n) is 4.74. The largest absolute Gasteiger partial charge is 0.458 e.